The predicted octanol–water partition coefficient (Wildman–Crippen LogP) is 2.00. The number of unbranched alkanes of at least 4 members (excludes halogenated alkanes) is 1. The van der Waals surface area contributed by atoms with E-state index in [0.717, 1.165) is 19.5 Å². The van der Waals surface area contributed by atoms with E-state index < -0.39 is 40.6 Å². The Morgan fingerprint density at radius 1 is 1.44 bits per heavy atom. The number of carbonyl (C=O) groups excluding carboxylic acids is 2. The number of aliphatic hydroxyl groups is 1. The topological polar surface area (TPSA) is 112 Å². The van der Waals surface area contributed by atoms with Crippen LogP contribution in [0.25, 0.3) is 0 Å². The Balaban J connectivity index is 2.96. The third-order valence-electron chi connectivity index (χ3n) is 3.13. The van der Waals surface area contributed by atoms with Crippen LogP contribution in [0.1, 0.15) is 37.9 Å². The smallest absolute Gasteiger partial charge is 0.419 e. The molecule has 0 aliphatic heterocycles. The van der Waals surface area contributed by atoms with E-state index in [2.05, 4.69) is 4.98 Å². The fourth-order valence-corrected chi connectivity index (χ4v) is 1.63. The molecule has 2 N–H and O–H groups in total. The maximum atomic E-state index is 12.9. The summed E-state index contributed by atoms with van der Waals surface area (Å²) in [6.45, 7) is 2.70. The summed E-state index contributed by atoms with van der Waals surface area (Å²) in [5.74, 6) is -2.51. The minimum Gasteiger partial charge on any atom is -0.463 e. The molecule has 0 saturated carbocycles. The Kier molecular flexibility index (Phi) is 6.47. The highest BCUT2D eigenvalue weighted by atomic mass is 19.4. The lowest BCUT2D eigenvalue weighted by Crippen LogP contribution is -2.48. The first-order valence-electron chi connectivity index (χ1n) is 7.22. The van der Waals surface area contributed by atoms with E-state index in [0.29, 0.717) is 12.5 Å². The molecule has 1 aromatic heterocycles. The van der Waals surface area contributed by atoms with Gasteiger partial charge < -0.3 is 15.2 Å². The van der Waals surface area contributed by atoms with Gasteiger partial charge in [0.2, 0.25) is 5.60 Å². The molecule has 25 heavy (non-hydrogen) atoms. The molecule has 0 spiro atoms. The van der Waals surface area contributed by atoms with E-state index in [9.17, 15) is 27.9 Å². The molecule has 10 heteroatoms. The number of hydrogen-bond donors (Lipinski definition) is 2. The molecule has 0 fully saturated rings. The number of rotatable bonds is 6. The largest absolute Gasteiger partial charge is 0.463 e. The van der Waals surface area contributed by atoms with Crippen LogP contribution >= 0.6 is 0 Å². The summed E-state index contributed by atoms with van der Waals surface area (Å²) in [5, 5.41) is 20.6. The number of anilines is 1. The Bertz CT molecular complexity index is 696. The van der Waals surface area contributed by atoms with Crippen molar-refractivity contribution in [1.82, 2.24) is 4.98 Å². The van der Waals surface area contributed by atoms with Crippen molar-refractivity contribution in [2.24, 2.45) is 0 Å². The van der Waals surface area contributed by atoms with Gasteiger partial charge in [-0.1, -0.05) is 13.3 Å². The van der Waals surface area contributed by atoms with Crippen LogP contribution in [0.15, 0.2) is 12.3 Å². The molecule has 0 saturated heterocycles. The number of pyridine rings is 1. The maximum absolute atomic E-state index is 12.9. The quantitative estimate of drug-likeness (QED) is 0.456. The molecule has 0 radical (unpaired) electrons. The van der Waals surface area contributed by atoms with Crippen LogP contribution in [0.3, 0.4) is 0 Å². The fraction of sp³-hybridized carbons (Fsp3) is 0.467. The number of nitriles is 1. The monoisotopic (exact) mass is 359 g/mol. The van der Waals surface area contributed by atoms with E-state index in [1.807, 2.05) is 12.2 Å². The molecule has 1 atom stereocenters. The van der Waals surface area contributed by atoms with Gasteiger partial charge in [-0.25, -0.2) is 9.78 Å². The van der Waals surface area contributed by atoms with Crippen LogP contribution in [-0.4, -0.2) is 34.2 Å². The summed E-state index contributed by atoms with van der Waals surface area (Å²) < 4.78 is 43.3. The minimum atomic E-state index is -4.86. The van der Waals surface area contributed by atoms with E-state index in [1.54, 1.807) is 0 Å². The summed E-state index contributed by atoms with van der Waals surface area (Å²) in [7, 11) is 0. The second kappa shape index (κ2) is 7.94. The summed E-state index contributed by atoms with van der Waals surface area (Å²) in [6.07, 6.45) is -2.80. The average molecular weight is 359 g/mol. The molecular weight excluding hydrogens is 343 g/mol. The van der Waals surface area contributed by atoms with Crippen LogP contribution in [0, 0.1) is 11.3 Å². The first-order chi connectivity index (χ1) is 11.5. The van der Waals surface area contributed by atoms with Crippen LogP contribution < -0.4 is 5.32 Å². The van der Waals surface area contributed by atoms with E-state index in [4.69, 9.17) is 10.00 Å². The van der Waals surface area contributed by atoms with Gasteiger partial charge in [-0.15, -0.1) is 0 Å². The number of amides is 1. The van der Waals surface area contributed by atoms with Crippen molar-refractivity contribution in [3.8, 4) is 6.07 Å². The number of halogens is 3. The zero-order valence-electron chi connectivity index (χ0n) is 13.5. The van der Waals surface area contributed by atoms with E-state index >= 15 is 0 Å². The molecule has 0 aliphatic rings. The highest BCUT2D eigenvalue weighted by Gasteiger charge is 2.41. The summed E-state index contributed by atoms with van der Waals surface area (Å²) in [5.41, 5.74) is -5.24. The molecule has 0 unspecified atom stereocenters. The molecule has 0 aromatic carbocycles. The molecule has 1 amide bonds. The van der Waals surface area contributed by atoms with E-state index in [1.165, 1.54) is 6.07 Å². The van der Waals surface area contributed by atoms with Crippen molar-refractivity contribution >= 4 is 17.6 Å². The SMILES string of the molecule is CCCCOC(=O)[C@](C)(O)C(=O)Nc1cnc(C#N)c(C(F)(F)F)c1. The molecule has 1 rings (SSSR count). The zero-order valence-corrected chi connectivity index (χ0v) is 13.5. The number of alkyl halides is 3. The second-order valence-corrected chi connectivity index (χ2v) is 5.25. The van der Waals surface area contributed by atoms with Gasteiger partial charge in [-0.2, -0.15) is 18.4 Å². The number of carbonyl (C=O) groups is 2. The van der Waals surface area contributed by atoms with Crippen LogP contribution in [0.4, 0.5) is 18.9 Å². The minimum absolute atomic E-state index is 0.00456. The standard InChI is InChI=1S/C15H16F3N3O4/c1-3-4-5-25-13(23)14(2,24)12(22)21-9-6-10(15(16,17)18)11(7-19)20-8-9/h6,8,24H,3-5H2,1-2H3,(H,21,22)/t14-/m1/s1. The third kappa shape index (κ3) is 5.15. The number of nitrogens with one attached hydrogen (secondary N) is 1. The van der Waals surface area contributed by atoms with Gasteiger partial charge in [0.05, 0.1) is 24.1 Å². The van der Waals surface area contributed by atoms with Gasteiger partial charge in [0.15, 0.2) is 5.69 Å². The van der Waals surface area contributed by atoms with Crippen molar-refractivity contribution in [3.63, 3.8) is 0 Å². The average Bonchev–Trinajstić information content (AvgIpc) is 2.53. The van der Waals surface area contributed by atoms with Crippen LogP contribution in [0.2, 0.25) is 0 Å². The van der Waals surface area contributed by atoms with Gasteiger partial charge in [-0.05, 0) is 19.4 Å². The zero-order chi connectivity index (χ0) is 19.3. The Hall–Kier alpha value is -2.67. The van der Waals surface area contributed by atoms with Crippen molar-refractivity contribution in [1.29, 1.82) is 5.26 Å². The van der Waals surface area contributed by atoms with Gasteiger partial charge in [0.1, 0.15) is 6.07 Å². The lowest BCUT2D eigenvalue weighted by Gasteiger charge is -2.20. The second-order valence-electron chi connectivity index (χ2n) is 5.25. The fourth-order valence-electron chi connectivity index (χ4n) is 1.63. The van der Waals surface area contributed by atoms with Gasteiger partial charge in [0, 0.05) is 0 Å². The van der Waals surface area contributed by atoms with Crippen LogP contribution in [-0.2, 0) is 20.5 Å². The summed E-state index contributed by atoms with van der Waals surface area (Å²) >= 11 is 0. The van der Waals surface area contributed by atoms with Gasteiger partial charge in [-0.3, -0.25) is 4.79 Å². The molecule has 1 heterocycles. The van der Waals surface area contributed by atoms with Crippen molar-refractivity contribution < 1.29 is 32.6 Å². The highest BCUT2D eigenvalue weighted by Crippen LogP contribution is 2.32. The number of hydrogen-bond acceptors (Lipinski definition) is 6. The third-order valence-corrected chi connectivity index (χ3v) is 3.13. The first kappa shape index (κ1) is 20.4. The first-order valence-corrected chi connectivity index (χ1v) is 7.22. The van der Waals surface area contributed by atoms with Gasteiger partial charge in [0.25, 0.3) is 5.91 Å². The summed E-state index contributed by atoms with van der Waals surface area (Å²) in [6, 6.07) is 1.78. The number of nitrogens with zero attached hydrogens (tertiary/aromatic N) is 2. The molecule has 7 nitrogen and oxygen atoms in total. The lowest BCUT2D eigenvalue weighted by molar-refractivity contribution is -0.167. The van der Waals surface area contributed by atoms with Crippen molar-refractivity contribution in [2.75, 3.05) is 11.9 Å². The molecule has 0 aliphatic carbocycles. The Morgan fingerprint density at radius 2 is 2.08 bits per heavy atom. The maximum Gasteiger partial charge on any atom is 0.419 e. The molecule has 1 aromatic rings. The Labute approximate surface area is 141 Å². The van der Waals surface area contributed by atoms with E-state index in [-0.39, 0.29) is 6.61 Å². The van der Waals surface area contributed by atoms with Crippen molar-refractivity contribution in [2.45, 2.75) is 38.5 Å². The number of aromatic nitrogens is 1. The summed E-state index contributed by atoms with van der Waals surface area (Å²) in [4.78, 5) is 27.0. The predicted molar refractivity (Wildman–Crippen MR) is 79.1 cm³/mol. The van der Waals surface area contributed by atoms with Crippen LogP contribution in [0.5, 0.6) is 0 Å². The van der Waals surface area contributed by atoms with Crippen molar-refractivity contribution in [3.05, 3.63) is 23.5 Å². The number of ether oxygens (including phenoxy) is 1. The normalized spacial score (nSPS) is 13.5. The molecular formula is C15H16F3N3O4. The van der Waals surface area contributed by atoms with Gasteiger partial charge >= 0.3 is 12.1 Å². The molecule has 136 valence electrons. The molecule has 0 bridgehead atoms. The Morgan fingerprint density at radius 3 is 2.60 bits per heavy atom. The lowest BCUT2D eigenvalue weighted by atomic mass is 10.1. The highest BCUT2D eigenvalue weighted by molar-refractivity contribution is 6.11. The number of esters is 1.